The first-order valence-electron chi connectivity index (χ1n) is 7.35. The maximum Gasteiger partial charge on any atom is 0.122 e. The molecule has 19 heavy (non-hydrogen) atoms. The second-order valence-corrected chi connectivity index (χ2v) is 5.54. The monoisotopic (exact) mass is 261 g/mol. The van der Waals surface area contributed by atoms with Crippen LogP contribution in [-0.4, -0.2) is 26.4 Å². The summed E-state index contributed by atoms with van der Waals surface area (Å²) in [5, 5.41) is 3.60. The lowest BCUT2D eigenvalue weighted by atomic mass is 9.95. The summed E-state index contributed by atoms with van der Waals surface area (Å²) in [6.45, 7) is 3.94. The zero-order valence-electron chi connectivity index (χ0n) is 11.8. The van der Waals surface area contributed by atoms with E-state index >= 15 is 0 Å². The lowest BCUT2D eigenvalue weighted by Gasteiger charge is -2.27. The first-order chi connectivity index (χ1) is 9.33. The molecular weight excluding hydrogens is 238 g/mol. The molecular formula is C16H23NO2. The van der Waals surface area contributed by atoms with Crippen LogP contribution in [0.15, 0.2) is 18.2 Å². The molecule has 1 fully saturated rings. The van der Waals surface area contributed by atoms with Gasteiger partial charge in [-0.1, -0.05) is 19.1 Å². The zero-order chi connectivity index (χ0) is 13.2. The third-order valence-corrected chi connectivity index (χ3v) is 4.18. The summed E-state index contributed by atoms with van der Waals surface area (Å²) in [4.78, 5) is 0. The van der Waals surface area contributed by atoms with Gasteiger partial charge in [-0.3, -0.25) is 0 Å². The molecule has 1 aliphatic heterocycles. The van der Waals surface area contributed by atoms with Gasteiger partial charge in [0.2, 0.25) is 0 Å². The topological polar surface area (TPSA) is 30.5 Å². The molecule has 0 bridgehead atoms. The van der Waals surface area contributed by atoms with Gasteiger partial charge in [0, 0.05) is 13.5 Å². The van der Waals surface area contributed by atoms with Gasteiger partial charge >= 0.3 is 0 Å². The van der Waals surface area contributed by atoms with Crippen LogP contribution in [0.4, 0.5) is 0 Å². The number of nitrogens with one attached hydrogen (secondary N) is 1. The summed E-state index contributed by atoms with van der Waals surface area (Å²) in [6, 6.07) is 6.89. The number of likely N-dealkylation sites (N-methyl/N-ethyl adjacent to an activating group) is 1. The van der Waals surface area contributed by atoms with E-state index in [0.29, 0.717) is 12.1 Å². The molecule has 0 aromatic heterocycles. The number of ether oxygens (including phenoxy) is 2. The summed E-state index contributed by atoms with van der Waals surface area (Å²) in [5.74, 6) is 1.78. The van der Waals surface area contributed by atoms with Crippen molar-refractivity contribution in [2.24, 2.45) is 5.92 Å². The molecule has 0 saturated heterocycles. The Kier molecular flexibility index (Phi) is 3.76. The molecule has 3 nitrogen and oxygen atoms in total. The first-order valence-corrected chi connectivity index (χ1v) is 7.35. The molecule has 104 valence electrons. The summed E-state index contributed by atoms with van der Waals surface area (Å²) in [5.41, 5.74) is 2.68. The van der Waals surface area contributed by atoms with E-state index in [2.05, 4.69) is 30.4 Å². The van der Waals surface area contributed by atoms with Crippen molar-refractivity contribution in [3.8, 4) is 5.75 Å². The van der Waals surface area contributed by atoms with Crippen molar-refractivity contribution in [2.75, 3.05) is 20.3 Å². The summed E-state index contributed by atoms with van der Waals surface area (Å²) >= 11 is 0. The van der Waals surface area contributed by atoms with E-state index in [-0.39, 0.29) is 0 Å². The summed E-state index contributed by atoms with van der Waals surface area (Å²) < 4.78 is 11.4. The Labute approximate surface area is 115 Å². The second kappa shape index (κ2) is 5.51. The molecule has 2 atom stereocenters. The van der Waals surface area contributed by atoms with Crippen molar-refractivity contribution in [3.63, 3.8) is 0 Å². The van der Waals surface area contributed by atoms with Gasteiger partial charge in [0.1, 0.15) is 5.75 Å². The molecule has 2 unspecified atom stereocenters. The standard InChI is InChI=1S/C16H23NO2/c1-3-17-15(16(18-2)11-4-5-11)13-6-7-14-12(10-13)8-9-19-14/h6-7,10-11,15-17H,3-5,8-9H2,1-2H3. The van der Waals surface area contributed by atoms with E-state index in [0.717, 1.165) is 31.2 Å². The number of rotatable bonds is 6. The quantitative estimate of drug-likeness (QED) is 0.854. The molecule has 2 aliphatic rings. The number of methoxy groups -OCH3 is 1. The average Bonchev–Trinajstić information content (AvgIpc) is 3.15. The maximum atomic E-state index is 5.77. The number of benzene rings is 1. The van der Waals surface area contributed by atoms with Crippen LogP contribution >= 0.6 is 0 Å². The molecule has 1 aliphatic carbocycles. The zero-order valence-corrected chi connectivity index (χ0v) is 11.8. The van der Waals surface area contributed by atoms with Crippen LogP contribution in [0, 0.1) is 5.92 Å². The number of hydrogen-bond acceptors (Lipinski definition) is 3. The predicted octanol–water partition coefficient (Wildman–Crippen LogP) is 2.70. The molecule has 1 heterocycles. The van der Waals surface area contributed by atoms with Gasteiger partial charge in [0.25, 0.3) is 0 Å². The van der Waals surface area contributed by atoms with Crippen molar-refractivity contribution in [1.82, 2.24) is 5.32 Å². The van der Waals surface area contributed by atoms with E-state index < -0.39 is 0 Å². The highest BCUT2D eigenvalue weighted by Crippen LogP contribution is 2.40. The Morgan fingerprint density at radius 3 is 2.95 bits per heavy atom. The highest BCUT2D eigenvalue weighted by Gasteiger charge is 2.37. The minimum absolute atomic E-state index is 0.292. The second-order valence-electron chi connectivity index (χ2n) is 5.54. The normalized spacial score (nSPS) is 20.7. The van der Waals surface area contributed by atoms with Crippen molar-refractivity contribution >= 4 is 0 Å². The minimum atomic E-state index is 0.292. The van der Waals surface area contributed by atoms with Gasteiger partial charge in [-0.15, -0.1) is 0 Å². The number of hydrogen-bond donors (Lipinski definition) is 1. The SMILES string of the molecule is CCNC(c1ccc2c(c1)CCO2)C(OC)C1CC1. The van der Waals surface area contributed by atoms with Crippen LogP contribution in [0.1, 0.15) is 36.9 Å². The molecule has 1 aromatic rings. The van der Waals surface area contributed by atoms with Crippen molar-refractivity contribution in [2.45, 2.75) is 38.3 Å². The van der Waals surface area contributed by atoms with Crippen LogP contribution in [0.3, 0.4) is 0 Å². The van der Waals surface area contributed by atoms with E-state index in [1.54, 1.807) is 0 Å². The van der Waals surface area contributed by atoms with Crippen molar-refractivity contribution in [1.29, 1.82) is 0 Å². The third-order valence-electron chi connectivity index (χ3n) is 4.18. The average molecular weight is 261 g/mol. The summed E-state index contributed by atoms with van der Waals surface area (Å²) in [7, 11) is 1.84. The van der Waals surface area contributed by atoms with Crippen LogP contribution in [0.25, 0.3) is 0 Å². The smallest absolute Gasteiger partial charge is 0.122 e. The number of fused-ring (bicyclic) bond motifs is 1. The van der Waals surface area contributed by atoms with Gasteiger partial charge in [0.05, 0.1) is 18.8 Å². The Hall–Kier alpha value is -1.06. The van der Waals surface area contributed by atoms with Gasteiger partial charge in [-0.05, 0) is 42.5 Å². The molecule has 1 aromatic carbocycles. The van der Waals surface area contributed by atoms with Gasteiger partial charge in [0.15, 0.2) is 0 Å². The minimum Gasteiger partial charge on any atom is -0.493 e. The van der Waals surface area contributed by atoms with E-state index in [4.69, 9.17) is 9.47 Å². The van der Waals surface area contributed by atoms with E-state index in [1.807, 2.05) is 7.11 Å². The molecule has 1 N–H and O–H groups in total. The highest BCUT2D eigenvalue weighted by molar-refractivity contribution is 5.41. The fraction of sp³-hybridized carbons (Fsp3) is 0.625. The van der Waals surface area contributed by atoms with Crippen LogP contribution in [0.2, 0.25) is 0 Å². The van der Waals surface area contributed by atoms with Crippen LogP contribution < -0.4 is 10.1 Å². The van der Waals surface area contributed by atoms with Crippen molar-refractivity contribution in [3.05, 3.63) is 29.3 Å². The molecule has 3 heteroatoms. The lowest BCUT2D eigenvalue weighted by Crippen LogP contribution is -2.34. The Morgan fingerprint density at radius 1 is 1.42 bits per heavy atom. The molecule has 3 rings (SSSR count). The molecule has 0 spiro atoms. The predicted molar refractivity (Wildman–Crippen MR) is 75.6 cm³/mol. The van der Waals surface area contributed by atoms with Gasteiger partial charge < -0.3 is 14.8 Å². The van der Waals surface area contributed by atoms with Gasteiger partial charge in [-0.25, -0.2) is 0 Å². The Morgan fingerprint density at radius 2 is 2.26 bits per heavy atom. The molecule has 1 saturated carbocycles. The highest BCUT2D eigenvalue weighted by atomic mass is 16.5. The molecule has 0 amide bonds. The third kappa shape index (κ3) is 2.63. The maximum absolute atomic E-state index is 5.77. The van der Waals surface area contributed by atoms with Crippen LogP contribution in [-0.2, 0) is 11.2 Å². The van der Waals surface area contributed by atoms with Gasteiger partial charge in [-0.2, -0.15) is 0 Å². The Balaban J connectivity index is 1.86. The summed E-state index contributed by atoms with van der Waals surface area (Å²) in [6.07, 6.45) is 3.92. The Bertz CT molecular complexity index is 442. The first kappa shape index (κ1) is 12.9. The van der Waals surface area contributed by atoms with E-state index in [9.17, 15) is 0 Å². The van der Waals surface area contributed by atoms with E-state index in [1.165, 1.54) is 24.0 Å². The fourth-order valence-corrected chi connectivity index (χ4v) is 3.07. The fourth-order valence-electron chi connectivity index (χ4n) is 3.07. The largest absolute Gasteiger partial charge is 0.493 e. The lowest BCUT2D eigenvalue weighted by molar-refractivity contribution is 0.0511. The van der Waals surface area contributed by atoms with Crippen LogP contribution in [0.5, 0.6) is 5.75 Å². The molecule has 0 radical (unpaired) electrons. The van der Waals surface area contributed by atoms with Crippen molar-refractivity contribution < 1.29 is 9.47 Å².